The topological polar surface area (TPSA) is 82.9 Å². The summed E-state index contributed by atoms with van der Waals surface area (Å²) in [5.74, 6) is -0.540. The van der Waals surface area contributed by atoms with E-state index >= 15 is 0 Å². The summed E-state index contributed by atoms with van der Waals surface area (Å²) < 4.78 is 2.99. The smallest absolute Gasteiger partial charge is 0.331 e. The molecule has 0 bridgehead atoms. The molecule has 2 N–H and O–H groups in total. The van der Waals surface area contributed by atoms with E-state index < -0.39 is 11.9 Å². The lowest BCUT2D eigenvalue weighted by Crippen LogP contribution is -2.34. The number of carbonyl (C=O) groups is 1. The Morgan fingerprint density at radius 3 is 2.37 bits per heavy atom. The van der Waals surface area contributed by atoms with Crippen LogP contribution in [0.2, 0.25) is 10.0 Å². The summed E-state index contributed by atoms with van der Waals surface area (Å²) in [7, 11) is 0. The summed E-state index contributed by atoms with van der Waals surface area (Å²) >= 11 is 12.2. The summed E-state index contributed by atoms with van der Waals surface area (Å²) in [4.78, 5) is 29.4. The molecule has 1 amide bonds. The van der Waals surface area contributed by atoms with Crippen LogP contribution < -0.4 is 11.4 Å². The first-order valence-corrected chi connectivity index (χ1v) is 9.49. The second kappa shape index (κ2) is 7.74. The van der Waals surface area contributed by atoms with Gasteiger partial charge in [0.25, 0.3) is 0 Å². The van der Waals surface area contributed by atoms with Crippen molar-refractivity contribution in [3.63, 3.8) is 0 Å². The van der Waals surface area contributed by atoms with Crippen LogP contribution in [-0.4, -0.2) is 20.0 Å². The number of carbonyl (C=O) groups excluding carboxylic acids is 1. The maximum absolute atomic E-state index is 12.9. The van der Waals surface area contributed by atoms with E-state index in [2.05, 4.69) is 4.98 Å². The molecule has 0 aliphatic carbocycles. The lowest BCUT2D eigenvalue weighted by atomic mass is 10.1. The number of aryl methyl sites for hydroxylation is 1. The molecule has 0 aliphatic heterocycles. The molecule has 3 aromatic rings. The molecule has 2 heterocycles. The summed E-state index contributed by atoms with van der Waals surface area (Å²) in [5.41, 5.74) is 7.91. The van der Waals surface area contributed by atoms with E-state index in [0.29, 0.717) is 34.2 Å². The van der Waals surface area contributed by atoms with Gasteiger partial charge in [0, 0.05) is 28.4 Å². The standard InChI is InChI=1S/C19H20Cl2N4O2/c1-3-5-15(17(22)26)25-18-16(24(4-2)19(25)27)8-12(10-23-18)11-6-13(20)9-14(21)7-11/h6-10,15H,3-5H2,1-2H3,(H2,22,26). The lowest BCUT2D eigenvalue weighted by molar-refractivity contribution is -0.121. The third-order valence-electron chi connectivity index (χ3n) is 4.52. The molecular formula is C19H20Cl2N4O2. The molecule has 0 saturated carbocycles. The molecule has 0 spiro atoms. The number of amides is 1. The number of nitrogens with two attached hydrogens (primary N) is 1. The van der Waals surface area contributed by atoms with Crippen molar-refractivity contribution in [2.45, 2.75) is 39.3 Å². The highest BCUT2D eigenvalue weighted by atomic mass is 35.5. The highest BCUT2D eigenvalue weighted by Gasteiger charge is 2.24. The van der Waals surface area contributed by atoms with Crippen molar-refractivity contribution >= 4 is 40.3 Å². The number of hydrogen-bond donors (Lipinski definition) is 1. The normalized spacial score (nSPS) is 12.4. The Morgan fingerprint density at radius 1 is 1.15 bits per heavy atom. The first kappa shape index (κ1) is 19.5. The van der Waals surface area contributed by atoms with Gasteiger partial charge in [-0.05, 0) is 43.2 Å². The van der Waals surface area contributed by atoms with Gasteiger partial charge in [0.1, 0.15) is 6.04 Å². The molecule has 0 radical (unpaired) electrons. The van der Waals surface area contributed by atoms with E-state index in [1.165, 1.54) is 4.57 Å². The first-order chi connectivity index (χ1) is 12.9. The van der Waals surface area contributed by atoms with Crippen LogP contribution in [0, 0.1) is 0 Å². The highest BCUT2D eigenvalue weighted by Crippen LogP contribution is 2.29. The van der Waals surface area contributed by atoms with Crippen LogP contribution in [0.1, 0.15) is 32.7 Å². The van der Waals surface area contributed by atoms with Crippen molar-refractivity contribution < 1.29 is 4.79 Å². The SMILES string of the molecule is CCCC(C(N)=O)n1c(=O)n(CC)c2cc(-c3cc(Cl)cc(Cl)c3)cnc21. The summed E-state index contributed by atoms with van der Waals surface area (Å²) in [6.45, 7) is 4.25. The van der Waals surface area contributed by atoms with Gasteiger partial charge in [-0.25, -0.2) is 9.78 Å². The Kier molecular flexibility index (Phi) is 5.58. The average molecular weight is 407 g/mol. The van der Waals surface area contributed by atoms with Gasteiger partial charge in [-0.15, -0.1) is 0 Å². The van der Waals surface area contributed by atoms with Gasteiger partial charge in [0.2, 0.25) is 5.91 Å². The average Bonchev–Trinajstić information content (AvgIpc) is 2.89. The number of primary amides is 1. The quantitative estimate of drug-likeness (QED) is 0.670. The summed E-state index contributed by atoms with van der Waals surface area (Å²) in [6.07, 6.45) is 2.84. The molecule has 0 saturated heterocycles. The maximum Gasteiger partial charge on any atom is 0.331 e. The van der Waals surface area contributed by atoms with Crippen LogP contribution in [0.15, 0.2) is 35.3 Å². The van der Waals surface area contributed by atoms with Gasteiger partial charge in [0.15, 0.2) is 5.65 Å². The van der Waals surface area contributed by atoms with Gasteiger partial charge in [0.05, 0.1) is 5.52 Å². The van der Waals surface area contributed by atoms with Crippen molar-refractivity contribution in [3.8, 4) is 11.1 Å². The third kappa shape index (κ3) is 3.59. The number of nitrogens with zero attached hydrogens (tertiary/aromatic N) is 3. The third-order valence-corrected chi connectivity index (χ3v) is 4.95. The van der Waals surface area contributed by atoms with E-state index in [0.717, 1.165) is 17.5 Å². The fourth-order valence-electron chi connectivity index (χ4n) is 3.29. The van der Waals surface area contributed by atoms with Crippen molar-refractivity contribution in [1.82, 2.24) is 14.1 Å². The second-order valence-corrected chi connectivity index (χ2v) is 7.20. The van der Waals surface area contributed by atoms with Gasteiger partial charge < -0.3 is 5.73 Å². The van der Waals surface area contributed by atoms with Crippen LogP contribution in [0.4, 0.5) is 0 Å². The molecule has 27 heavy (non-hydrogen) atoms. The molecule has 142 valence electrons. The monoisotopic (exact) mass is 406 g/mol. The Hall–Kier alpha value is -2.31. The minimum atomic E-state index is -0.725. The van der Waals surface area contributed by atoms with Crippen LogP contribution in [0.25, 0.3) is 22.3 Å². The molecule has 0 fully saturated rings. The zero-order chi connectivity index (χ0) is 19.7. The van der Waals surface area contributed by atoms with Crippen molar-refractivity contribution in [3.05, 3.63) is 51.0 Å². The number of aromatic nitrogens is 3. The van der Waals surface area contributed by atoms with Crippen LogP contribution in [-0.2, 0) is 11.3 Å². The Balaban J connectivity index is 2.26. The second-order valence-electron chi connectivity index (χ2n) is 6.33. The van der Waals surface area contributed by atoms with Crippen LogP contribution in [0.5, 0.6) is 0 Å². The zero-order valence-electron chi connectivity index (χ0n) is 15.1. The van der Waals surface area contributed by atoms with E-state index in [-0.39, 0.29) is 5.69 Å². The van der Waals surface area contributed by atoms with E-state index in [4.69, 9.17) is 28.9 Å². The van der Waals surface area contributed by atoms with E-state index in [1.807, 2.05) is 19.9 Å². The van der Waals surface area contributed by atoms with E-state index in [1.54, 1.807) is 29.0 Å². The fourth-order valence-corrected chi connectivity index (χ4v) is 3.82. The molecular weight excluding hydrogens is 387 g/mol. The molecule has 6 nitrogen and oxygen atoms in total. The number of imidazole rings is 1. The van der Waals surface area contributed by atoms with Crippen LogP contribution in [0.3, 0.4) is 0 Å². The largest absolute Gasteiger partial charge is 0.368 e. The van der Waals surface area contributed by atoms with Crippen molar-refractivity contribution in [2.75, 3.05) is 0 Å². The zero-order valence-corrected chi connectivity index (χ0v) is 16.6. The maximum atomic E-state index is 12.9. The molecule has 8 heteroatoms. The molecule has 1 unspecified atom stereocenters. The number of hydrogen-bond acceptors (Lipinski definition) is 3. The number of fused-ring (bicyclic) bond motifs is 1. The highest BCUT2D eigenvalue weighted by molar-refractivity contribution is 6.35. The number of pyridine rings is 1. The Bertz CT molecular complexity index is 1050. The Morgan fingerprint density at radius 2 is 1.81 bits per heavy atom. The number of benzene rings is 1. The predicted octanol–water partition coefficient (Wildman–Crippen LogP) is 4.02. The molecule has 2 aromatic heterocycles. The van der Waals surface area contributed by atoms with Gasteiger partial charge in [-0.3, -0.25) is 13.9 Å². The summed E-state index contributed by atoms with van der Waals surface area (Å²) in [6, 6.07) is 6.35. The molecule has 1 aromatic carbocycles. The van der Waals surface area contributed by atoms with Crippen LogP contribution >= 0.6 is 23.2 Å². The lowest BCUT2D eigenvalue weighted by Gasteiger charge is -2.13. The minimum Gasteiger partial charge on any atom is -0.368 e. The van der Waals surface area contributed by atoms with Crippen molar-refractivity contribution in [1.29, 1.82) is 0 Å². The Labute approximate surface area is 166 Å². The molecule has 3 rings (SSSR count). The van der Waals surface area contributed by atoms with Gasteiger partial charge in [-0.2, -0.15) is 0 Å². The summed E-state index contributed by atoms with van der Waals surface area (Å²) in [5, 5.41) is 1.03. The minimum absolute atomic E-state index is 0.293. The van der Waals surface area contributed by atoms with Gasteiger partial charge in [-0.1, -0.05) is 36.5 Å². The van der Waals surface area contributed by atoms with Crippen molar-refractivity contribution in [2.24, 2.45) is 5.73 Å². The number of halogens is 2. The fraction of sp³-hybridized carbons (Fsp3) is 0.316. The number of rotatable bonds is 6. The predicted molar refractivity (Wildman–Crippen MR) is 108 cm³/mol. The van der Waals surface area contributed by atoms with Gasteiger partial charge >= 0.3 is 5.69 Å². The molecule has 1 atom stereocenters. The first-order valence-electron chi connectivity index (χ1n) is 8.73. The van der Waals surface area contributed by atoms with E-state index in [9.17, 15) is 9.59 Å². The molecule has 0 aliphatic rings.